The number of hydrogen-bond donors (Lipinski definition) is 3. The Kier molecular flexibility index (Phi) is 6.11. The first kappa shape index (κ1) is 20.1. The van der Waals surface area contributed by atoms with E-state index in [1.54, 1.807) is 0 Å². The Morgan fingerprint density at radius 1 is 1.11 bits per heavy atom. The van der Waals surface area contributed by atoms with E-state index in [9.17, 15) is 9.59 Å². The number of carboxylic acids is 2. The van der Waals surface area contributed by atoms with Crippen molar-refractivity contribution in [1.82, 2.24) is 4.90 Å². The number of aliphatic carboxylic acids is 2. The molecule has 1 aromatic rings. The molecular weight excluding hydrogens is 391 g/mol. The molecule has 6 atom stereocenters. The fourth-order valence-corrected chi connectivity index (χ4v) is 5.13. The third kappa shape index (κ3) is 4.29. The second-order valence-corrected chi connectivity index (χ2v) is 8.08. The molecule has 4 rings (SSSR count). The summed E-state index contributed by atoms with van der Waals surface area (Å²) < 4.78 is 0. The lowest BCUT2D eigenvalue weighted by Crippen LogP contribution is -2.41. The number of rotatable bonds is 3. The minimum absolute atomic E-state index is 0.315. The lowest BCUT2D eigenvalue weighted by molar-refractivity contribution is -0.134. The van der Waals surface area contributed by atoms with Crippen molar-refractivity contribution in [2.75, 3.05) is 6.54 Å². The van der Waals surface area contributed by atoms with Gasteiger partial charge in [-0.25, -0.2) is 9.59 Å². The standard InChI is InChI=1S/C15H18Cl2N2.C4H4O4/c16-11-3-1-8(5-12(11)17)10-6-9-2-4-14-15(10)13(18)7-19(9)14;5-3(6)1-2-4(7)8/h1,3,5,9-10,13-15H,2,4,6-7,18H2;1-2H,(H,5,6)(H,7,8)/b;2-1+/t9-,10+,13?,14+,15-;/m0./s1. The van der Waals surface area contributed by atoms with Crippen molar-refractivity contribution >= 4 is 35.1 Å². The molecule has 0 saturated carbocycles. The fourth-order valence-electron chi connectivity index (χ4n) is 4.83. The third-order valence-corrected chi connectivity index (χ3v) is 6.52. The SMILES string of the molecule is NC1CN2[C@H]3CC[C@@H]2[C@H]1[C@@H](c1ccc(Cl)c(Cl)c1)C3.O=C(O)/C=C/C(=O)O. The zero-order valence-corrected chi connectivity index (χ0v) is 16.1. The van der Waals surface area contributed by atoms with E-state index >= 15 is 0 Å². The highest BCUT2D eigenvalue weighted by Gasteiger charge is 2.54. The van der Waals surface area contributed by atoms with Crippen LogP contribution in [-0.4, -0.2) is 51.7 Å². The first-order chi connectivity index (χ1) is 12.8. The number of nitrogens with two attached hydrogens (primary N) is 1. The van der Waals surface area contributed by atoms with Crippen LogP contribution in [0.25, 0.3) is 0 Å². The number of halogens is 2. The van der Waals surface area contributed by atoms with Gasteiger partial charge in [0.05, 0.1) is 10.0 Å². The Hall–Kier alpha value is -1.60. The third-order valence-electron chi connectivity index (χ3n) is 5.78. The van der Waals surface area contributed by atoms with Crippen LogP contribution in [0, 0.1) is 5.92 Å². The Balaban J connectivity index is 0.000000226. The van der Waals surface area contributed by atoms with E-state index in [-0.39, 0.29) is 0 Å². The van der Waals surface area contributed by atoms with Crippen molar-refractivity contribution < 1.29 is 19.8 Å². The lowest BCUT2D eigenvalue weighted by Gasteiger charge is -2.38. The molecule has 3 heterocycles. The summed E-state index contributed by atoms with van der Waals surface area (Å²) >= 11 is 12.2. The molecule has 1 aromatic carbocycles. The highest BCUT2D eigenvalue weighted by Crippen LogP contribution is 2.52. The van der Waals surface area contributed by atoms with Crippen LogP contribution in [0.4, 0.5) is 0 Å². The van der Waals surface area contributed by atoms with Gasteiger partial charge in [-0.3, -0.25) is 4.90 Å². The number of hydrogen-bond acceptors (Lipinski definition) is 4. The van der Waals surface area contributed by atoms with Gasteiger partial charge >= 0.3 is 11.9 Å². The van der Waals surface area contributed by atoms with Gasteiger partial charge in [-0.2, -0.15) is 0 Å². The van der Waals surface area contributed by atoms with E-state index in [0.717, 1.165) is 12.6 Å². The molecule has 2 unspecified atom stereocenters. The first-order valence-electron chi connectivity index (χ1n) is 8.88. The molecule has 3 aliphatic rings. The molecule has 27 heavy (non-hydrogen) atoms. The van der Waals surface area contributed by atoms with Crippen molar-refractivity contribution in [3.05, 3.63) is 46.0 Å². The van der Waals surface area contributed by atoms with Crippen molar-refractivity contribution in [2.24, 2.45) is 11.7 Å². The largest absolute Gasteiger partial charge is 0.478 e. The van der Waals surface area contributed by atoms with Crippen LogP contribution in [0.15, 0.2) is 30.4 Å². The molecule has 6 nitrogen and oxygen atoms in total. The second kappa shape index (κ2) is 8.19. The van der Waals surface area contributed by atoms with Crippen LogP contribution in [-0.2, 0) is 9.59 Å². The molecule has 4 bridgehead atoms. The molecule has 0 amide bonds. The molecule has 3 aliphatic heterocycles. The maximum absolute atomic E-state index is 9.55. The zero-order chi connectivity index (χ0) is 19.7. The predicted molar refractivity (Wildman–Crippen MR) is 103 cm³/mol. The number of benzene rings is 1. The van der Waals surface area contributed by atoms with Crippen LogP contribution in [0.5, 0.6) is 0 Å². The zero-order valence-electron chi connectivity index (χ0n) is 14.6. The monoisotopic (exact) mass is 412 g/mol. The van der Waals surface area contributed by atoms with Crippen LogP contribution in [0.3, 0.4) is 0 Å². The van der Waals surface area contributed by atoms with Gasteiger partial charge in [-0.15, -0.1) is 0 Å². The Labute approximate surface area is 167 Å². The smallest absolute Gasteiger partial charge is 0.328 e. The summed E-state index contributed by atoms with van der Waals surface area (Å²) in [5, 5.41) is 16.9. The van der Waals surface area contributed by atoms with E-state index < -0.39 is 11.9 Å². The first-order valence-corrected chi connectivity index (χ1v) is 9.63. The van der Waals surface area contributed by atoms with Gasteiger partial charge in [-0.1, -0.05) is 29.3 Å². The van der Waals surface area contributed by atoms with E-state index in [2.05, 4.69) is 17.0 Å². The van der Waals surface area contributed by atoms with Gasteiger partial charge < -0.3 is 15.9 Å². The Morgan fingerprint density at radius 3 is 2.37 bits per heavy atom. The van der Waals surface area contributed by atoms with E-state index in [4.69, 9.17) is 39.1 Å². The summed E-state index contributed by atoms with van der Waals surface area (Å²) in [4.78, 5) is 21.8. The summed E-state index contributed by atoms with van der Waals surface area (Å²) in [6, 6.07) is 7.86. The molecule has 0 aliphatic carbocycles. The molecule has 0 aromatic heterocycles. The average molecular weight is 413 g/mol. The van der Waals surface area contributed by atoms with Gasteiger partial charge in [0.25, 0.3) is 0 Å². The lowest BCUT2D eigenvalue weighted by atomic mass is 9.76. The predicted octanol–water partition coefficient (Wildman–Crippen LogP) is 2.98. The summed E-state index contributed by atoms with van der Waals surface area (Å²) in [6.07, 6.45) is 5.00. The van der Waals surface area contributed by atoms with Crippen molar-refractivity contribution in [3.63, 3.8) is 0 Å². The normalized spacial score (nSPS) is 33.6. The van der Waals surface area contributed by atoms with E-state index in [1.807, 2.05) is 6.07 Å². The fraction of sp³-hybridized carbons (Fsp3) is 0.474. The van der Waals surface area contributed by atoms with Crippen molar-refractivity contribution in [2.45, 2.75) is 43.3 Å². The molecule has 146 valence electrons. The summed E-state index contributed by atoms with van der Waals surface area (Å²) in [7, 11) is 0. The average Bonchev–Trinajstić information content (AvgIpc) is 3.00. The van der Waals surface area contributed by atoms with Gasteiger partial charge in [0.15, 0.2) is 0 Å². The molecular formula is C19H22Cl2N2O4. The summed E-state index contributed by atoms with van der Waals surface area (Å²) in [5.41, 5.74) is 7.73. The van der Waals surface area contributed by atoms with E-state index in [1.165, 1.54) is 24.8 Å². The highest BCUT2D eigenvalue weighted by atomic mass is 35.5. The van der Waals surface area contributed by atoms with Gasteiger partial charge in [0.2, 0.25) is 0 Å². The second-order valence-electron chi connectivity index (χ2n) is 7.26. The minimum Gasteiger partial charge on any atom is -0.478 e. The molecule has 3 fully saturated rings. The number of piperidine rings is 1. The van der Waals surface area contributed by atoms with Crippen LogP contribution in [0.2, 0.25) is 10.0 Å². The van der Waals surface area contributed by atoms with Crippen LogP contribution < -0.4 is 5.73 Å². The Bertz CT molecular complexity index is 754. The quantitative estimate of drug-likeness (QED) is 0.659. The molecule has 0 radical (unpaired) electrons. The maximum Gasteiger partial charge on any atom is 0.328 e. The molecule has 3 saturated heterocycles. The molecule has 4 N–H and O–H groups in total. The van der Waals surface area contributed by atoms with E-state index in [0.29, 0.717) is 46.1 Å². The number of carboxylic acid groups (broad SMARTS) is 2. The van der Waals surface area contributed by atoms with Crippen molar-refractivity contribution in [1.29, 1.82) is 0 Å². The number of carbonyl (C=O) groups is 2. The maximum atomic E-state index is 9.55. The van der Waals surface area contributed by atoms with Gasteiger partial charge in [0, 0.05) is 36.8 Å². The summed E-state index contributed by atoms with van der Waals surface area (Å²) in [6.45, 7) is 1.08. The van der Waals surface area contributed by atoms with Crippen molar-refractivity contribution in [3.8, 4) is 0 Å². The van der Waals surface area contributed by atoms with Gasteiger partial charge in [-0.05, 0) is 48.8 Å². The molecule has 8 heteroatoms. The van der Waals surface area contributed by atoms with Crippen LogP contribution >= 0.6 is 23.2 Å². The molecule has 0 spiro atoms. The summed E-state index contributed by atoms with van der Waals surface area (Å²) in [5.74, 6) is -1.36. The Morgan fingerprint density at radius 2 is 1.78 bits per heavy atom. The minimum atomic E-state index is -1.26. The topological polar surface area (TPSA) is 104 Å². The van der Waals surface area contributed by atoms with Crippen LogP contribution in [0.1, 0.15) is 30.7 Å². The highest BCUT2D eigenvalue weighted by molar-refractivity contribution is 6.42. The number of nitrogens with zero attached hydrogens (tertiary/aromatic N) is 1. The van der Waals surface area contributed by atoms with Gasteiger partial charge in [0.1, 0.15) is 0 Å².